The first-order valence-electron chi connectivity index (χ1n) is 7.77. The molecular weight excluding hydrogens is 308 g/mol. The van der Waals surface area contributed by atoms with Crippen molar-refractivity contribution in [1.82, 2.24) is 19.7 Å². The molecule has 124 valence electrons. The van der Waals surface area contributed by atoms with Gasteiger partial charge in [-0.15, -0.1) is 0 Å². The molecule has 3 aromatic heterocycles. The van der Waals surface area contributed by atoms with Gasteiger partial charge >= 0.3 is 0 Å². The minimum absolute atomic E-state index is 0.0796. The van der Waals surface area contributed by atoms with E-state index in [0.29, 0.717) is 17.6 Å². The van der Waals surface area contributed by atoms with Gasteiger partial charge in [-0.05, 0) is 25.5 Å². The van der Waals surface area contributed by atoms with Gasteiger partial charge in [0.05, 0.1) is 12.6 Å². The van der Waals surface area contributed by atoms with Gasteiger partial charge in [-0.3, -0.25) is 4.79 Å². The number of aromatic nitrogens is 4. The molecule has 1 atom stereocenters. The van der Waals surface area contributed by atoms with Gasteiger partial charge in [-0.1, -0.05) is 18.1 Å². The van der Waals surface area contributed by atoms with Crippen molar-refractivity contribution >= 4 is 0 Å². The number of rotatable bonds is 6. The summed E-state index contributed by atoms with van der Waals surface area (Å²) in [5.41, 5.74) is 0.611. The van der Waals surface area contributed by atoms with Crippen molar-refractivity contribution in [2.24, 2.45) is 0 Å². The van der Waals surface area contributed by atoms with Gasteiger partial charge in [0.1, 0.15) is 0 Å². The van der Waals surface area contributed by atoms with E-state index in [4.69, 9.17) is 9.26 Å². The van der Waals surface area contributed by atoms with E-state index < -0.39 is 0 Å². The summed E-state index contributed by atoms with van der Waals surface area (Å²) < 4.78 is 12.5. The van der Waals surface area contributed by atoms with Crippen LogP contribution in [0.2, 0.25) is 0 Å². The average Bonchev–Trinajstić information content (AvgIpc) is 3.06. The van der Waals surface area contributed by atoms with Gasteiger partial charge in [0.15, 0.2) is 5.82 Å². The Balaban J connectivity index is 1.79. The van der Waals surface area contributed by atoms with E-state index in [0.717, 1.165) is 12.0 Å². The summed E-state index contributed by atoms with van der Waals surface area (Å²) in [6, 6.07) is 8.50. The molecule has 0 fully saturated rings. The first-order valence-corrected chi connectivity index (χ1v) is 7.77. The number of ether oxygens (including phenoxy) is 1. The third-order valence-electron chi connectivity index (χ3n) is 3.56. The number of pyridine rings is 2. The van der Waals surface area contributed by atoms with Crippen LogP contribution in [0.15, 0.2) is 52.0 Å². The van der Waals surface area contributed by atoms with Crippen LogP contribution in [-0.4, -0.2) is 25.8 Å². The molecule has 7 heteroatoms. The van der Waals surface area contributed by atoms with Crippen molar-refractivity contribution in [3.05, 3.63) is 58.9 Å². The second-order valence-electron chi connectivity index (χ2n) is 5.40. The van der Waals surface area contributed by atoms with Gasteiger partial charge < -0.3 is 13.8 Å². The lowest BCUT2D eigenvalue weighted by Crippen LogP contribution is -2.18. The largest absolute Gasteiger partial charge is 0.475 e. The van der Waals surface area contributed by atoms with Crippen LogP contribution in [0.3, 0.4) is 0 Å². The average molecular weight is 326 g/mol. The lowest BCUT2D eigenvalue weighted by atomic mass is 10.2. The summed E-state index contributed by atoms with van der Waals surface area (Å²) in [7, 11) is 0. The number of hydrogen-bond donors (Lipinski definition) is 0. The zero-order chi connectivity index (χ0) is 16.9. The molecule has 7 nitrogen and oxygen atoms in total. The van der Waals surface area contributed by atoms with Crippen molar-refractivity contribution in [3.8, 4) is 17.3 Å². The lowest BCUT2D eigenvalue weighted by molar-refractivity contribution is 0.208. The zero-order valence-electron chi connectivity index (χ0n) is 13.5. The number of hydrogen-bond acceptors (Lipinski definition) is 6. The molecule has 0 aromatic carbocycles. The van der Waals surface area contributed by atoms with Gasteiger partial charge in [0.2, 0.25) is 5.88 Å². The standard InChI is InChI=1S/C17H18N4O3/c1-3-12(2)23-15-10-13(7-8-18-15)17-19-14(20-24-17)11-21-9-5-4-6-16(21)22/h4-10,12H,3,11H2,1-2H3/t12-/m1/s1. The van der Waals surface area contributed by atoms with Gasteiger partial charge in [0, 0.05) is 30.1 Å². The lowest BCUT2D eigenvalue weighted by Gasteiger charge is -2.11. The smallest absolute Gasteiger partial charge is 0.258 e. The maximum Gasteiger partial charge on any atom is 0.258 e. The predicted octanol–water partition coefficient (Wildman–Crippen LogP) is 2.52. The van der Waals surface area contributed by atoms with Crippen LogP contribution in [0.4, 0.5) is 0 Å². The Labute approximate surface area is 138 Å². The van der Waals surface area contributed by atoms with Gasteiger partial charge in [-0.25, -0.2) is 4.98 Å². The molecule has 3 aromatic rings. The summed E-state index contributed by atoms with van der Waals surface area (Å²) in [5.74, 6) is 1.31. The highest BCUT2D eigenvalue weighted by Crippen LogP contribution is 2.21. The Hall–Kier alpha value is -2.96. The van der Waals surface area contributed by atoms with Crippen molar-refractivity contribution in [2.75, 3.05) is 0 Å². The van der Waals surface area contributed by atoms with E-state index in [2.05, 4.69) is 15.1 Å². The second-order valence-corrected chi connectivity index (χ2v) is 5.40. The molecule has 0 N–H and O–H groups in total. The molecule has 0 aliphatic heterocycles. The molecular formula is C17H18N4O3. The van der Waals surface area contributed by atoms with E-state index in [1.165, 1.54) is 10.6 Å². The summed E-state index contributed by atoms with van der Waals surface area (Å²) >= 11 is 0. The van der Waals surface area contributed by atoms with E-state index in [9.17, 15) is 4.79 Å². The van der Waals surface area contributed by atoms with Crippen LogP contribution in [-0.2, 0) is 6.54 Å². The second kappa shape index (κ2) is 7.08. The molecule has 3 rings (SSSR count). The van der Waals surface area contributed by atoms with Crippen molar-refractivity contribution in [3.63, 3.8) is 0 Å². The third-order valence-corrected chi connectivity index (χ3v) is 3.56. The van der Waals surface area contributed by atoms with Crippen LogP contribution in [0.5, 0.6) is 5.88 Å². The maximum atomic E-state index is 11.7. The Bertz CT molecular complexity index is 872. The van der Waals surface area contributed by atoms with Crippen LogP contribution in [0, 0.1) is 0 Å². The summed E-state index contributed by atoms with van der Waals surface area (Å²) in [5, 5.41) is 3.93. The summed E-state index contributed by atoms with van der Waals surface area (Å²) in [6.45, 7) is 4.28. The fraction of sp³-hybridized carbons (Fsp3) is 0.294. The topological polar surface area (TPSA) is 83.0 Å². The predicted molar refractivity (Wildman–Crippen MR) is 87.7 cm³/mol. The van der Waals surface area contributed by atoms with Gasteiger partial charge in [-0.2, -0.15) is 4.98 Å². The Kier molecular flexibility index (Phi) is 4.69. The Morgan fingerprint density at radius 1 is 1.33 bits per heavy atom. The zero-order valence-corrected chi connectivity index (χ0v) is 13.5. The molecule has 3 heterocycles. The van der Waals surface area contributed by atoms with E-state index in [1.54, 1.807) is 36.7 Å². The molecule has 0 aliphatic carbocycles. The molecule has 0 aliphatic rings. The summed E-state index contributed by atoms with van der Waals surface area (Å²) in [4.78, 5) is 20.2. The molecule has 0 radical (unpaired) electrons. The molecule has 0 spiro atoms. The maximum absolute atomic E-state index is 11.7. The van der Waals surface area contributed by atoms with Crippen LogP contribution in [0.1, 0.15) is 26.1 Å². The van der Waals surface area contributed by atoms with Crippen LogP contribution in [0.25, 0.3) is 11.5 Å². The Morgan fingerprint density at radius 3 is 3.00 bits per heavy atom. The molecule has 24 heavy (non-hydrogen) atoms. The molecule has 0 saturated carbocycles. The van der Waals surface area contributed by atoms with Gasteiger partial charge in [0.25, 0.3) is 11.4 Å². The third kappa shape index (κ3) is 3.68. The highest BCUT2D eigenvalue weighted by molar-refractivity contribution is 5.53. The monoisotopic (exact) mass is 326 g/mol. The van der Waals surface area contributed by atoms with E-state index in [-0.39, 0.29) is 18.2 Å². The summed E-state index contributed by atoms with van der Waals surface area (Å²) in [6.07, 6.45) is 4.29. The first-order chi connectivity index (χ1) is 11.7. The molecule has 0 unspecified atom stereocenters. The van der Waals surface area contributed by atoms with Crippen LogP contribution >= 0.6 is 0 Å². The molecule has 0 bridgehead atoms. The minimum Gasteiger partial charge on any atom is -0.475 e. The van der Waals surface area contributed by atoms with Crippen molar-refractivity contribution in [2.45, 2.75) is 32.9 Å². The number of nitrogens with zero attached hydrogens (tertiary/aromatic N) is 4. The fourth-order valence-corrected chi connectivity index (χ4v) is 2.08. The minimum atomic E-state index is -0.114. The first kappa shape index (κ1) is 15.9. The highest BCUT2D eigenvalue weighted by atomic mass is 16.5. The van der Waals surface area contributed by atoms with Crippen molar-refractivity contribution in [1.29, 1.82) is 0 Å². The molecule has 0 saturated heterocycles. The normalized spacial score (nSPS) is 12.1. The van der Waals surface area contributed by atoms with Crippen LogP contribution < -0.4 is 10.3 Å². The highest BCUT2D eigenvalue weighted by Gasteiger charge is 2.12. The fourth-order valence-electron chi connectivity index (χ4n) is 2.08. The Morgan fingerprint density at radius 2 is 2.21 bits per heavy atom. The quantitative estimate of drug-likeness (QED) is 0.692. The van der Waals surface area contributed by atoms with E-state index >= 15 is 0 Å². The SMILES string of the molecule is CC[C@@H](C)Oc1cc(-c2nc(Cn3ccccc3=O)no2)ccn1. The van der Waals surface area contributed by atoms with E-state index in [1.807, 2.05) is 13.8 Å². The molecule has 0 amide bonds. The van der Waals surface area contributed by atoms with Crippen molar-refractivity contribution < 1.29 is 9.26 Å².